The van der Waals surface area contributed by atoms with Gasteiger partial charge in [-0.1, -0.05) is 0 Å². The first-order valence-electron chi connectivity index (χ1n) is 5.30. The van der Waals surface area contributed by atoms with Gasteiger partial charge in [0, 0.05) is 11.9 Å². The SMILES string of the molecule is COc1ccn(-c2ccc(F)cc2)c(=O)c1C(=O)Cl. The lowest BCUT2D eigenvalue weighted by Crippen LogP contribution is -2.24. The Hall–Kier alpha value is -2.14. The number of hydrogen-bond donors (Lipinski definition) is 0. The molecule has 4 nitrogen and oxygen atoms in total. The van der Waals surface area contributed by atoms with Crippen molar-refractivity contribution >= 4 is 16.8 Å². The number of halogens is 2. The zero-order valence-corrected chi connectivity index (χ0v) is 10.6. The van der Waals surface area contributed by atoms with Crippen LogP contribution in [0.25, 0.3) is 5.69 Å². The Morgan fingerprint density at radius 3 is 2.42 bits per heavy atom. The largest absolute Gasteiger partial charge is 0.496 e. The highest BCUT2D eigenvalue weighted by atomic mass is 35.5. The lowest BCUT2D eigenvalue weighted by atomic mass is 10.2. The molecule has 0 spiro atoms. The van der Waals surface area contributed by atoms with E-state index in [9.17, 15) is 14.0 Å². The monoisotopic (exact) mass is 281 g/mol. The standard InChI is InChI=1S/C13H9ClFNO3/c1-19-10-6-7-16(13(18)11(10)12(14)17)9-4-2-8(15)3-5-9/h2-7H,1H3. The van der Waals surface area contributed by atoms with Gasteiger partial charge in [0.25, 0.3) is 10.8 Å². The topological polar surface area (TPSA) is 48.3 Å². The van der Waals surface area contributed by atoms with Crippen LogP contribution in [0, 0.1) is 5.82 Å². The number of benzene rings is 1. The highest BCUT2D eigenvalue weighted by Crippen LogP contribution is 2.17. The molecule has 0 bridgehead atoms. The van der Waals surface area contributed by atoms with Crippen molar-refractivity contribution in [2.75, 3.05) is 7.11 Å². The molecule has 1 aromatic carbocycles. The van der Waals surface area contributed by atoms with Crippen molar-refractivity contribution < 1.29 is 13.9 Å². The second kappa shape index (κ2) is 5.24. The maximum atomic E-state index is 12.8. The molecule has 0 unspecified atom stereocenters. The number of carbonyl (C=O) groups excluding carboxylic acids is 1. The van der Waals surface area contributed by atoms with E-state index in [1.54, 1.807) is 0 Å². The third kappa shape index (κ3) is 2.51. The Balaban J connectivity index is 2.66. The summed E-state index contributed by atoms with van der Waals surface area (Å²) >= 11 is 5.38. The molecule has 0 aliphatic heterocycles. The molecule has 0 fully saturated rings. The first-order chi connectivity index (χ1) is 9.04. The van der Waals surface area contributed by atoms with Gasteiger partial charge in [-0.15, -0.1) is 0 Å². The lowest BCUT2D eigenvalue weighted by Gasteiger charge is -2.09. The molecular formula is C13H9ClFNO3. The Labute approximate surface area is 113 Å². The quantitative estimate of drug-likeness (QED) is 0.812. The minimum atomic E-state index is -0.904. The van der Waals surface area contributed by atoms with Crippen molar-refractivity contribution in [3.05, 3.63) is 58.3 Å². The summed E-state index contributed by atoms with van der Waals surface area (Å²) < 4.78 is 19.0. The fourth-order valence-corrected chi connectivity index (χ4v) is 1.85. The normalized spacial score (nSPS) is 10.3. The van der Waals surface area contributed by atoms with Crippen LogP contribution in [0.5, 0.6) is 5.75 Å². The van der Waals surface area contributed by atoms with E-state index in [1.165, 1.54) is 48.2 Å². The van der Waals surface area contributed by atoms with Gasteiger partial charge in [0.05, 0.1) is 7.11 Å². The van der Waals surface area contributed by atoms with Crippen molar-refractivity contribution in [1.82, 2.24) is 4.57 Å². The summed E-state index contributed by atoms with van der Waals surface area (Å²) in [6, 6.07) is 6.72. The minimum absolute atomic E-state index is 0.100. The molecule has 0 saturated carbocycles. The van der Waals surface area contributed by atoms with Gasteiger partial charge >= 0.3 is 0 Å². The van der Waals surface area contributed by atoms with Crippen molar-refractivity contribution in [1.29, 1.82) is 0 Å². The second-order valence-corrected chi connectivity index (χ2v) is 4.03. The van der Waals surface area contributed by atoms with Crippen LogP contribution in [0.15, 0.2) is 41.3 Å². The number of rotatable bonds is 3. The number of nitrogens with zero attached hydrogens (tertiary/aromatic N) is 1. The van der Waals surface area contributed by atoms with Crippen LogP contribution in [0.3, 0.4) is 0 Å². The first kappa shape index (κ1) is 13.3. The lowest BCUT2D eigenvalue weighted by molar-refractivity contribution is 0.107. The minimum Gasteiger partial charge on any atom is -0.496 e. The van der Waals surface area contributed by atoms with Gasteiger partial charge in [0.1, 0.15) is 17.1 Å². The van der Waals surface area contributed by atoms with Crippen molar-refractivity contribution in [2.24, 2.45) is 0 Å². The third-order valence-electron chi connectivity index (χ3n) is 2.58. The van der Waals surface area contributed by atoms with Crippen LogP contribution in [0.1, 0.15) is 10.4 Å². The first-order valence-corrected chi connectivity index (χ1v) is 5.68. The summed E-state index contributed by atoms with van der Waals surface area (Å²) in [6.07, 6.45) is 1.43. The molecule has 6 heteroatoms. The zero-order chi connectivity index (χ0) is 14.0. The van der Waals surface area contributed by atoms with Gasteiger partial charge in [-0.05, 0) is 41.9 Å². The Bertz CT molecular complexity index is 679. The number of ether oxygens (including phenoxy) is 1. The van der Waals surface area contributed by atoms with Crippen LogP contribution < -0.4 is 10.3 Å². The van der Waals surface area contributed by atoms with E-state index in [1.807, 2.05) is 0 Å². The van der Waals surface area contributed by atoms with Crippen molar-refractivity contribution in [3.8, 4) is 11.4 Å². The molecule has 0 N–H and O–H groups in total. The van der Waals surface area contributed by atoms with E-state index in [2.05, 4.69) is 0 Å². The number of carbonyl (C=O) groups is 1. The maximum Gasteiger partial charge on any atom is 0.271 e. The Morgan fingerprint density at radius 2 is 1.89 bits per heavy atom. The molecule has 19 heavy (non-hydrogen) atoms. The number of aromatic nitrogens is 1. The third-order valence-corrected chi connectivity index (χ3v) is 2.76. The maximum absolute atomic E-state index is 12.8. The van der Waals surface area contributed by atoms with Crippen LogP contribution in [0.2, 0.25) is 0 Å². The molecule has 0 atom stereocenters. The van der Waals surface area contributed by atoms with Crippen LogP contribution in [-0.4, -0.2) is 16.9 Å². The molecule has 0 aliphatic carbocycles. The fraction of sp³-hybridized carbons (Fsp3) is 0.0769. The smallest absolute Gasteiger partial charge is 0.271 e. The van der Waals surface area contributed by atoms with Crippen molar-refractivity contribution in [2.45, 2.75) is 0 Å². The van der Waals surface area contributed by atoms with Gasteiger partial charge in [0.15, 0.2) is 0 Å². The second-order valence-electron chi connectivity index (χ2n) is 3.68. The predicted octanol–water partition coefficient (Wildman–Crippen LogP) is 2.36. The molecule has 0 amide bonds. The number of methoxy groups -OCH3 is 1. The Morgan fingerprint density at radius 1 is 1.26 bits per heavy atom. The summed E-state index contributed by atoms with van der Waals surface area (Å²) in [4.78, 5) is 23.5. The zero-order valence-electron chi connectivity index (χ0n) is 9.89. The average Bonchev–Trinajstić information content (AvgIpc) is 2.39. The number of pyridine rings is 1. The van der Waals surface area contributed by atoms with Crippen molar-refractivity contribution in [3.63, 3.8) is 0 Å². The summed E-state index contributed by atoms with van der Waals surface area (Å²) in [6.45, 7) is 0. The van der Waals surface area contributed by atoms with E-state index >= 15 is 0 Å². The molecule has 1 aromatic heterocycles. The Kier molecular flexibility index (Phi) is 3.66. The van der Waals surface area contributed by atoms with E-state index in [-0.39, 0.29) is 11.3 Å². The molecule has 2 aromatic rings. The van der Waals surface area contributed by atoms with E-state index in [0.29, 0.717) is 5.69 Å². The molecule has 0 aliphatic rings. The van der Waals surface area contributed by atoms with E-state index < -0.39 is 16.6 Å². The molecule has 2 rings (SSSR count). The highest BCUT2D eigenvalue weighted by Gasteiger charge is 2.17. The number of hydrogen-bond acceptors (Lipinski definition) is 3. The highest BCUT2D eigenvalue weighted by molar-refractivity contribution is 6.68. The predicted molar refractivity (Wildman–Crippen MR) is 68.7 cm³/mol. The van der Waals surface area contributed by atoms with Gasteiger partial charge in [-0.25, -0.2) is 4.39 Å². The summed E-state index contributed by atoms with van der Waals surface area (Å²) in [5, 5.41) is -0.904. The van der Waals surface area contributed by atoms with Crippen LogP contribution in [-0.2, 0) is 0 Å². The molecular weight excluding hydrogens is 273 g/mol. The van der Waals surface area contributed by atoms with Gasteiger partial charge in [-0.2, -0.15) is 0 Å². The fourth-order valence-electron chi connectivity index (χ4n) is 1.68. The molecule has 0 radical (unpaired) electrons. The van der Waals surface area contributed by atoms with E-state index in [0.717, 1.165) is 0 Å². The summed E-state index contributed by atoms with van der Waals surface area (Å²) in [5.41, 5.74) is -0.449. The van der Waals surface area contributed by atoms with Gasteiger partial charge in [-0.3, -0.25) is 14.2 Å². The van der Waals surface area contributed by atoms with Crippen LogP contribution in [0.4, 0.5) is 4.39 Å². The average molecular weight is 282 g/mol. The molecule has 98 valence electrons. The molecule has 1 heterocycles. The molecule has 0 saturated heterocycles. The van der Waals surface area contributed by atoms with E-state index in [4.69, 9.17) is 16.3 Å². The summed E-state index contributed by atoms with van der Waals surface area (Å²) in [5.74, 6) is -0.317. The van der Waals surface area contributed by atoms with Crippen LogP contribution >= 0.6 is 11.6 Å². The van der Waals surface area contributed by atoms with Gasteiger partial charge in [0.2, 0.25) is 0 Å². The van der Waals surface area contributed by atoms with Gasteiger partial charge < -0.3 is 4.74 Å². The summed E-state index contributed by atoms with van der Waals surface area (Å²) in [7, 11) is 1.33.